The van der Waals surface area contributed by atoms with Crippen molar-refractivity contribution in [2.45, 2.75) is 44.4 Å². The lowest BCUT2D eigenvalue weighted by atomic mass is 9.85. The molecule has 2 aromatic rings. The number of piperidine rings is 1. The summed E-state index contributed by atoms with van der Waals surface area (Å²) in [4.78, 5) is 35.7. The molecule has 8 heteroatoms. The van der Waals surface area contributed by atoms with E-state index in [-0.39, 0.29) is 23.3 Å². The Balaban J connectivity index is 1.48. The van der Waals surface area contributed by atoms with Crippen molar-refractivity contribution in [3.8, 4) is 6.07 Å². The molecule has 0 unspecified atom stereocenters. The van der Waals surface area contributed by atoms with Crippen LogP contribution < -0.4 is 5.32 Å². The van der Waals surface area contributed by atoms with E-state index < -0.39 is 0 Å². The van der Waals surface area contributed by atoms with E-state index in [1.54, 1.807) is 0 Å². The second-order valence-corrected chi connectivity index (χ2v) is 9.39. The normalized spacial score (nSPS) is 17.1. The number of nitriles is 1. The Morgan fingerprint density at radius 1 is 1.24 bits per heavy atom. The fraction of sp³-hybridized carbons (Fsp3) is 0.462. The molecule has 0 saturated carbocycles. The van der Waals surface area contributed by atoms with E-state index in [1.807, 2.05) is 30.0 Å². The van der Waals surface area contributed by atoms with Gasteiger partial charge in [-0.25, -0.2) is 4.98 Å². The van der Waals surface area contributed by atoms with Crippen molar-refractivity contribution in [3.05, 3.63) is 58.8 Å². The molecule has 178 valence electrons. The first-order valence-electron chi connectivity index (χ1n) is 12.0. The fourth-order valence-electron chi connectivity index (χ4n) is 4.86. The molecule has 2 aliphatic rings. The van der Waals surface area contributed by atoms with Crippen LogP contribution in [-0.4, -0.2) is 65.3 Å². The standard InChI is InChI=1S/C26H32N6O2/c1-31(2)17-24(33)32-12-10-18(11-13-32)19-6-5-7-20(14-19)22-8-3-4-9-23(22)30-26(34)25-28-16-21(15-27)29-25/h5-7,14,16,18H,3-4,8-13,17H2,1-2H3,(H,28,29)(H,30,34). The van der Waals surface area contributed by atoms with Gasteiger partial charge >= 0.3 is 0 Å². The van der Waals surface area contributed by atoms with Crippen LogP contribution in [0.4, 0.5) is 0 Å². The lowest BCUT2D eigenvalue weighted by Crippen LogP contribution is -2.42. The number of aromatic nitrogens is 2. The number of likely N-dealkylation sites (N-methyl/N-ethyl adjacent to an activating group) is 1. The van der Waals surface area contributed by atoms with E-state index >= 15 is 0 Å². The van der Waals surface area contributed by atoms with Crippen molar-refractivity contribution < 1.29 is 9.59 Å². The van der Waals surface area contributed by atoms with Crippen LogP contribution in [0.3, 0.4) is 0 Å². The number of rotatable bonds is 6. The number of amides is 2. The van der Waals surface area contributed by atoms with Crippen LogP contribution in [-0.2, 0) is 4.79 Å². The Hall–Kier alpha value is -3.44. The monoisotopic (exact) mass is 460 g/mol. The molecule has 2 amide bonds. The molecule has 8 nitrogen and oxygen atoms in total. The summed E-state index contributed by atoms with van der Waals surface area (Å²) in [6.45, 7) is 2.04. The van der Waals surface area contributed by atoms with Crippen molar-refractivity contribution in [2.75, 3.05) is 33.7 Å². The second-order valence-electron chi connectivity index (χ2n) is 9.39. The van der Waals surface area contributed by atoms with Crippen molar-refractivity contribution >= 4 is 17.4 Å². The van der Waals surface area contributed by atoms with Crippen molar-refractivity contribution in [1.82, 2.24) is 25.1 Å². The summed E-state index contributed by atoms with van der Waals surface area (Å²) in [5.41, 5.74) is 4.83. The average Bonchev–Trinajstić information content (AvgIpc) is 3.34. The number of imidazole rings is 1. The van der Waals surface area contributed by atoms with E-state index in [2.05, 4.69) is 39.6 Å². The van der Waals surface area contributed by atoms with Gasteiger partial charge in [-0.1, -0.05) is 24.3 Å². The third-order valence-electron chi connectivity index (χ3n) is 6.65. The van der Waals surface area contributed by atoms with Gasteiger partial charge in [-0.3, -0.25) is 9.59 Å². The summed E-state index contributed by atoms with van der Waals surface area (Å²) in [7, 11) is 3.84. The average molecular weight is 461 g/mol. The van der Waals surface area contributed by atoms with Gasteiger partial charge in [0.2, 0.25) is 5.91 Å². The molecular formula is C26H32N6O2. The molecule has 4 rings (SSSR count). The van der Waals surface area contributed by atoms with E-state index in [0.717, 1.165) is 62.9 Å². The smallest absolute Gasteiger partial charge is 0.291 e. The molecule has 2 N–H and O–H groups in total. The second kappa shape index (κ2) is 10.7. The lowest BCUT2D eigenvalue weighted by molar-refractivity contribution is -0.132. The highest BCUT2D eigenvalue weighted by Crippen LogP contribution is 2.34. The van der Waals surface area contributed by atoms with Gasteiger partial charge in [-0.2, -0.15) is 5.26 Å². The molecule has 1 aromatic carbocycles. The van der Waals surface area contributed by atoms with Crippen LogP contribution in [0.25, 0.3) is 5.57 Å². The number of nitrogens with one attached hydrogen (secondary N) is 2. The van der Waals surface area contributed by atoms with Gasteiger partial charge < -0.3 is 20.1 Å². The number of hydrogen-bond acceptors (Lipinski definition) is 5. The molecule has 0 spiro atoms. The van der Waals surface area contributed by atoms with Crippen LogP contribution in [0.15, 0.2) is 36.2 Å². The summed E-state index contributed by atoms with van der Waals surface area (Å²) in [5.74, 6) is 0.460. The van der Waals surface area contributed by atoms with Gasteiger partial charge in [0.15, 0.2) is 5.82 Å². The highest BCUT2D eigenvalue weighted by molar-refractivity contribution is 5.93. The van der Waals surface area contributed by atoms with Gasteiger partial charge in [-0.15, -0.1) is 0 Å². The zero-order valence-electron chi connectivity index (χ0n) is 19.9. The molecule has 0 bridgehead atoms. The zero-order chi connectivity index (χ0) is 24.1. The number of aromatic amines is 1. The number of carbonyl (C=O) groups excluding carboxylic acids is 2. The number of benzene rings is 1. The van der Waals surface area contributed by atoms with Crippen LogP contribution in [0.2, 0.25) is 0 Å². The molecular weight excluding hydrogens is 428 g/mol. The topological polar surface area (TPSA) is 105 Å². The first-order chi connectivity index (χ1) is 16.4. The van der Waals surface area contributed by atoms with Crippen molar-refractivity contribution in [2.24, 2.45) is 0 Å². The summed E-state index contributed by atoms with van der Waals surface area (Å²) < 4.78 is 0. The van der Waals surface area contributed by atoms with E-state index in [0.29, 0.717) is 12.5 Å². The molecule has 2 heterocycles. The van der Waals surface area contributed by atoms with Gasteiger partial charge in [0.1, 0.15) is 11.8 Å². The summed E-state index contributed by atoms with van der Waals surface area (Å²) in [6, 6.07) is 10.6. The predicted octanol–water partition coefficient (Wildman–Crippen LogP) is 3.26. The fourth-order valence-corrected chi connectivity index (χ4v) is 4.86. The van der Waals surface area contributed by atoms with Gasteiger partial charge in [-0.05, 0) is 75.2 Å². The molecule has 1 aromatic heterocycles. The van der Waals surface area contributed by atoms with Gasteiger partial charge in [0, 0.05) is 18.8 Å². The van der Waals surface area contributed by atoms with Crippen molar-refractivity contribution in [1.29, 1.82) is 5.26 Å². The molecule has 1 fully saturated rings. The van der Waals surface area contributed by atoms with Crippen LogP contribution >= 0.6 is 0 Å². The molecule has 0 atom stereocenters. The Morgan fingerprint density at radius 2 is 2.00 bits per heavy atom. The molecule has 34 heavy (non-hydrogen) atoms. The Labute approximate surface area is 200 Å². The molecule has 1 saturated heterocycles. The van der Waals surface area contributed by atoms with E-state index in [1.165, 1.54) is 17.3 Å². The van der Waals surface area contributed by atoms with Gasteiger partial charge in [0.25, 0.3) is 5.91 Å². The maximum absolute atomic E-state index is 12.7. The highest BCUT2D eigenvalue weighted by Gasteiger charge is 2.25. The van der Waals surface area contributed by atoms with Crippen LogP contribution in [0.5, 0.6) is 0 Å². The van der Waals surface area contributed by atoms with Crippen LogP contribution in [0, 0.1) is 11.3 Å². The summed E-state index contributed by atoms with van der Waals surface area (Å²) >= 11 is 0. The maximum atomic E-state index is 12.7. The number of likely N-dealkylation sites (tertiary alicyclic amines) is 1. The minimum Gasteiger partial charge on any atom is -0.342 e. The quantitative estimate of drug-likeness (QED) is 0.688. The molecule has 1 aliphatic carbocycles. The summed E-state index contributed by atoms with van der Waals surface area (Å²) in [6.07, 6.45) is 7.13. The number of hydrogen-bond donors (Lipinski definition) is 2. The maximum Gasteiger partial charge on any atom is 0.291 e. The summed E-state index contributed by atoms with van der Waals surface area (Å²) in [5, 5.41) is 12.0. The number of allylic oxidation sites excluding steroid dienone is 2. The number of H-pyrrole nitrogens is 1. The minimum absolute atomic E-state index is 0.151. The Morgan fingerprint density at radius 3 is 2.71 bits per heavy atom. The highest BCUT2D eigenvalue weighted by atomic mass is 16.2. The Kier molecular flexibility index (Phi) is 7.43. The first-order valence-corrected chi connectivity index (χ1v) is 12.0. The van der Waals surface area contributed by atoms with Crippen LogP contribution in [0.1, 0.15) is 71.9 Å². The minimum atomic E-state index is -0.318. The SMILES string of the molecule is CN(C)CC(=O)N1CCC(c2cccc(C3=C(NC(=O)c4ncc(C#N)[nH]4)CCCC3)c2)CC1. The first kappa shape index (κ1) is 23.7. The molecule has 0 radical (unpaired) electrons. The third-order valence-corrected chi connectivity index (χ3v) is 6.65. The van der Waals surface area contributed by atoms with Gasteiger partial charge in [0.05, 0.1) is 12.7 Å². The number of carbonyl (C=O) groups is 2. The Bertz CT molecular complexity index is 1120. The third kappa shape index (κ3) is 5.54. The van der Waals surface area contributed by atoms with E-state index in [9.17, 15) is 9.59 Å². The molecule has 1 aliphatic heterocycles. The predicted molar refractivity (Wildman–Crippen MR) is 130 cm³/mol. The largest absolute Gasteiger partial charge is 0.342 e. The lowest BCUT2D eigenvalue weighted by Gasteiger charge is -2.33. The van der Waals surface area contributed by atoms with E-state index in [4.69, 9.17) is 5.26 Å². The zero-order valence-corrected chi connectivity index (χ0v) is 19.9. The van der Waals surface area contributed by atoms with Crippen molar-refractivity contribution in [3.63, 3.8) is 0 Å². The number of nitrogens with zero attached hydrogens (tertiary/aromatic N) is 4.